The lowest BCUT2D eigenvalue weighted by Crippen LogP contribution is -2.49. The normalized spacial score (nSPS) is 23.3. The van der Waals surface area contributed by atoms with E-state index in [9.17, 15) is 4.79 Å². The van der Waals surface area contributed by atoms with Crippen molar-refractivity contribution in [2.45, 2.75) is 57.7 Å². The average molecular weight is 284 g/mol. The molecule has 2 atom stereocenters. The van der Waals surface area contributed by atoms with Gasteiger partial charge in [0.2, 0.25) is 0 Å². The number of nitrogens with one attached hydrogen (secondary N) is 1. The number of aryl methyl sites for hydroxylation is 1. The Morgan fingerprint density at radius 3 is 2.95 bits per heavy atom. The third-order valence-corrected chi connectivity index (χ3v) is 3.90. The first-order valence-corrected chi connectivity index (χ1v) is 7.41. The summed E-state index contributed by atoms with van der Waals surface area (Å²) in [7, 11) is 0. The molecule has 0 radical (unpaired) electrons. The van der Waals surface area contributed by atoms with E-state index in [1.807, 2.05) is 4.57 Å². The van der Waals surface area contributed by atoms with E-state index in [1.165, 1.54) is 0 Å². The zero-order chi connectivity index (χ0) is 13.8. The van der Waals surface area contributed by atoms with Crippen molar-refractivity contribution in [3.63, 3.8) is 0 Å². The lowest BCUT2D eigenvalue weighted by Gasteiger charge is -2.29. The van der Waals surface area contributed by atoms with E-state index in [2.05, 4.69) is 12.2 Å². The fraction of sp³-hybridized carbons (Fsp3) is 0.643. The molecular weight excluding hydrogens is 262 g/mol. The monoisotopic (exact) mass is 283 g/mol. The third kappa shape index (κ3) is 3.51. The molecule has 5 heteroatoms. The molecule has 0 saturated heterocycles. The molecule has 0 spiro atoms. The fourth-order valence-corrected chi connectivity index (χ4v) is 2.89. The van der Waals surface area contributed by atoms with E-state index in [1.54, 1.807) is 12.3 Å². The summed E-state index contributed by atoms with van der Waals surface area (Å²) in [5.74, 6) is -0.0669. The van der Waals surface area contributed by atoms with E-state index in [0.717, 1.165) is 38.6 Å². The van der Waals surface area contributed by atoms with Gasteiger partial charge in [0, 0.05) is 24.8 Å². The standard InChI is InChI=1S/C14H22ClN3O/c1-2-7-18-9-10(15)8-13(18)14(19)17-12-6-4-3-5-11(12)16/h8-9,11-12H,2-7,16H2,1H3,(H,17,19)/t11-,12-/m1/s1. The van der Waals surface area contributed by atoms with Gasteiger partial charge in [0.25, 0.3) is 5.91 Å². The van der Waals surface area contributed by atoms with Crippen molar-refractivity contribution in [2.24, 2.45) is 5.73 Å². The van der Waals surface area contributed by atoms with E-state index in [0.29, 0.717) is 10.7 Å². The van der Waals surface area contributed by atoms with Crippen LogP contribution in [0.1, 0.15) is 49.5 Å². The Balaban J connectivity index is 2.06. The molecule has 1 aliphatic rings. The summed E-state index contributed by atoms with van der Waals surface area (Å²) in [6.07, 6.45) is 7.02. The smallest absolute Gasteiger partial charge is 0.268 e. The predicted molar refractivity (Wildman–Crippen MR) is 77.4 cm³/mol. The minimum Gasteiger partial charge on any atom is -0.346 e. The lowest BCUT2D eigenvalue weighted by molar-refractivity contribution is 0.0911. The van der Waals surface area contributed by atoms with Crippen LogP contribution in [-0.4, -0.2) is 22.6 Å². The van der Waals surface area contributed by atoms with Gasteiger partial charge in [-0.2, -0.15) is 0 Å². The van der Waals surface area contributed by atoms with Gasteiger partial charge < -0.3 is 15.6 Å². The van der Waals surface area contributed by atoms with Crippen LogP contribution in [0.4, 0.5) is 0 Å². The first-order chi connectivity index (χ1) is 9.11. The number of aromatic nitrogens is 1. The van der Waals surface area contributed by atoms with Gasteiger partial charge in [-0.3, -0.25) is 4.79 Å². The van der Waals surface area contributed by atoms with E-state index in [-0.39, 0.29) is 18.0 Å². The second kappa shape index (κ2) is 6.44. The second-order valence-corrected chi connectivity index (χ2v) is 5.70. The molecule has 1 aliphatic carbocycles. The van der Waals surface area contributed by atoms with E-state index in [4.69, 9.17) is 17.3 Å². The topological polar surface area (TPSA) is 60.0 Å². The molecule has 1 aromatic rings. The molecule has 1 amide bonds. The number of rotatable bonds is 4. The summed E-state index contributed by atoms with van der Waals surface area (Å²) in [5, 5.41) is 3.66. The first-order valence-electron chi connectivity index (χ1n) is 7.04. The van der Waals surface area contributed by atoms with E-state index < -0.39 is 0 Å². The second-order valence-electron chi connectivity index (χ2n) is 5.27. The Morgan fingerprint density at radius 2 is 2.26 bits per heavy atom. The summed E-state index contributed by atoms with van der Waals surface area (Å²) >= 11 is 5.99. The predicted octanol–water partition coefficient (Wildman–Crippen LogP) is 2.55. The Hall–Kier alpha value is -1.00. The summed E-state index contributed by atoms with van der Waals surface area (Å²) in [6.45, 7) is 2.87. The number of carbonyl (C=O) groups is 1. The molecule has 1 saturated carbocycles. The van der Waals surface area contributed by atoms with Gasteiger partial charge in [-0.25, -0.2) is 0 Å². The van der Waals surface area contributed by atoms with Gasteiger partial charge in [-0.1, -0.05) is 31.4 Å². The van der Waals surface area contributed by atoms with Crippen molar-refractivity contribution in [1.82, 2.24) is 9.88 Å². The molecule has 1 heterocycles. The number of halogens is 1. The molecule has 2 rings (SSSR count). The first kappa shape index (κ1) is 14.4. The van der Waals surface area contributed by atoms with Crippen LogP contribution >= 0.6 is 11.6 Å². The van der Waals surface area contributed by atoms with Crippen molar-refractivity contribution < 1.29 is 4.79 Å². The summed E-state index contributed by atoms with van der Waals surface area (Å²) < 4.78 is 1.91. The van der Waals surface area contributed by atoms with Gasteiger partial charge in [0.1, 0.15) is 5.69 Å². The van der Waals surface area contributed by atoms with Crippen molar-refractivity contribution in [2.75, 3.05) is 0 Å². The van der Waals surface area contributed by atoms with Crippen LogP contribution in [-0.2, 0) is 6.54 Å². The number of nitrogens with two attached hydrogens (primary N) is 1. The van der Waals surface area contributed by atoms with Gasteiger partial charge in [0.15, 0.2) is 0 Å². The van der Waals surface area contributed by atoms with Crippen LogP contribution in [0.25, 0.3) is 0 Å². The lowest BCUT2D eigenvalue weighted by atomic mass is 9.91. The highest BCUT2D eigenvalue weighted by Crippen LogP contribution is 2.19. The number of nitrogens with zero attached hydrogens (tertiary/aromatic N) is 1. The molecule has 106 valence electrons. The van der Waals surface area contributed by atoms with Crippen LogP contribution in [0.3, 0.4) is 0 Å². The molecule has 0 aromatic carbocycles. The number of hydrogen-bond donors (Lipinski definition) is 2. The molecule has 3 N–H and O–H groups in total. The quantitative estimate of drug-likeness (QED) is 0.892. The molecule has 0 bridgehead atoms. The molecular formula is C14H22ClN3O. The highest BCUT2D eigenvalue weighted by Gasteiger charge is 2.24. The third-order valence-electron chi connectivity index (χ3n) is 3.70. The molecule has 1 aromatic heterocycles. The Kier molecular flexibility index (Phi) is 4.88. The highest BCUT2D eigenvalue weighted by molar-refractivity contribution is 6.31. The Morgan fingerprint density at radius 1 is 1.53 bits per heavy atom. The minimum atomic E-state index is -0.0669. The largest absolute Gasteiger partial charge is 0.346 e. The van der Waals surface area contributed by atoms with Gasteiger partial charge >= 0.3 is 0 Å². The van der Waals surface area contributed by atoms with Crippen molar-refractivity contribution in [3.05, 3.63) is 23.0 Å². The number of amides is 1. The fourth-order valence-electron chi connectivity index (χ4n) is 2.67. The van der Waals surface area contributed by atoms with E-state index >= 15 is 0 Å². The average Bonchev–Trinajstić information content (AvgIpc) is 2.74. The maximum absolute atomic E-state index is 12.3. The molecule has 19 heavy (non-hydrogen) atoms. The van der Waals surface area contributed by atoms with Crippen LogP contribution in [0.5, 0.6) is 0 Å². The van der Waals surface area contributed by atoms with Crippen LogP contribution < -0.4 is 11.1 Å². The zero-order valence-electron chi connectivity index (χ0n) is 11.4. The molecule has 4 nitrogen and oxygen atoms in total. The minimum absolute atomic E-state index is 0.0669. The highest BCUT2D eigenvalue weighted by atomic mass is 35.5. The summed E-state index contributed by atoms with van der Waals surface area (Å²) in [4.78, 5) is 12.3. The summed E-state index contributed by atoms with van der Waals surface area (Å²) in [5.41, 5.74) is 6.69. The molecule has 0 aliphatic heterocycles. The van der Waals surface area contributed by atoms with Gasteiger partial charge in [-0.05, 0) is 25.3 Å². The maximum Gasteiger partial charge on any atom is 0.268 e. The zero-order valence-corrected chi connectivity index (χ0v) is 12.1. The number of hydrogen-bond acceptors (Lipinski definition) is 2. The summed E-state index contributed by atoms with van der Waals surface area (Å²) in [6, 6.07) is 1.88. The Bertz CT molecular complexity index is 444. The maximum atomic E-state index is 12.3. The van der Waals surface area contributed by atoms with Crippen LogP contribution in [0.2, 0.25) is 5.02 Å². The SMILES string of the molecule is CCCn1cc(Cl)cc1C(=O)N[C@@H]1CCCC[C@H]1N. The van der Waals surface area contributed by atoms with Crippen LogP contribution in [0.15, 0.2) is 12.3 Å². The molecule has 1 fully saturated rings. The van der Waals surface area contributed by atoms with Crippen molar-refractivity contribution in [1.29, 1.82) is 0 Å². The van der Waals surface area contributed by atoms with Gasteiger partial charge in [0.05, 0.1) is 5.02 Å². The molecule has 0 unspecified atom stereocenters. The Labute approximate surface area is 119 Å². The number of carbonyl (C=O) groups excluding carboxylic acids is 1. The van der Waals surface area contributed by atoms with Crippen molar-refractivity contribution >= 4 is 17.5 Å². The van der Waals surface area contributed by atoms with Crippen LogP contribution in [0, 0.1) is 0 Å². The van der Waals surface area contributed by atoms with Crippen molar-refractivity contribution in [3.8, 4) is 0 Å². The van der Waals surface area contributed by atoms with Gasteiger partial charge in [-0.15, -0.1) is 0 Å².